The summed E-state index contributed by atoms with van der Waals surface area (Å²) in [7, 11) is 4.56. The van der Waals surface area contributed by atoms with Gasteiger partial charge in [-0.3, -0.25) is 0 Å². The molecule has 0 atom stereocenters. The van der Waals surface area contributed by atoms with Gasteiger partial charge in [-0.1, -0.05) is 0 Å². The van der Waals surface area contributed by atoms with Gasteiger partial charge in [-0.25, -0.2) is 4.98 Å². The molecule has 0 aliphatic rings. The van der Waals surface area contributed by atoms with Gasteiger partial charge in [-0.15, -0.1) is 0 Å². The molecule has 1 aromatic heterocycles. The van der Waals surface area contributed by atoms with E-state index in [0.29, 0.717) is 28.7 Å². The first-order valence-electron chi connectivity index (χ1n) is 6.06. The minimum absolute atomic E-state index is 0.200. The first-order valence-corrected chi connectivity index (χ1v) is 6.06. The van der Waals surface area contributed by atoms with Crippen LogP contribution in [0.1, 0.15) is 5.69 Å². The molecule has 0 unspecified atom stereocenters. The third-order valence-electron chi connectivity index (χ3n) is 2.74. The Morgan fingerprint density at radius 3 is 2.19 bits per heavy atom. The quantitative estimate of drug-likeness (QED) is 0.841. The Balaban J connectivity index is 2.43. The molecular formula is C15H14N2O4. The summed E-state index contributed by atoms with van der Waals surface area (Å²) in [5.41, 5.74) is 0.200. The van der Waals surface area contributed by atoms with Crippen molar-refractivity contribution in [3.8, 4) is 34.8 Å². The van der Waals surface area contributed by atoms with Gasteiger partial charge in [0.1, 0.15) is 11.8 Å². The van der Waals surface area contributed by atoms with E-state index >= 15 is 0 Å². The Bertz CT molecular complexity index is 655. The molecule has 0 amide bonds. The van der Waals surface area contributed by atoms with E-state index in [4.69, 9.17) is 24.2 Å². The van der Waals surface area contributed by atoms with Crippen LogP contribution in [0.5, 0.6) is 28.7 Å². The predicted octanol–water partition coefficient (Wildman–Crippen LogP) is 2.77. The highest BCUT2D eigenvalue weighted by molar-refractivity contribution is 5.56. The molecule has 0 fully saturated rings. The minimum Gasteiger partial charge on any atom is -0.493 e. The highest BCUT2D eigenvalue weighted by atomic mass is 16.5. The van der Waals surface area contributed by atoms with Crippen LogP contribution in [-0.4, -0.2) is 26.3 Å². The normalized spacial score (nSPS) is 9.62. The van der Waals surface area contributed by atoms with Crippen molar-refractivity contribution in [1.82, 2.24) is 4.98 Å². The second-order valence-electron chi connectivity index (χ2n) is 3.93. The lowest BCUT2D eigenvalue weighted by molar-refractivity contribution is 0.321. The molecule has 0 spiro atoms. The van der Waals surface area contributed by atoms with E-state index in [0.717, 1.165) is 0 Å². The largest absolute Gasteiger partial charge is 0.493 e. The van der Waals surface area contributed by atoms with Crippen molar-refractivity contribution in [2.24, 2.45) is 0 Å². The van der Waals surface area contributed by atoms with Crippen molar-refractivity contribution in [2.75, 3.05) is 21.3 Å². The van der Waals surface area contributed by atoms with E-state index in [1.54, 1.807) is 24.3 Å². The maximum Gasteiger partial charge on any atom is 0.203 e. The van der Waals surface area contributed by atoms with Crippen LogP contribution in [-0.2, 0) is 0 Å². The molecule has 0 aliphatic carbocycles. The number of rotatable bonds is 5. The Hall–Kier alpha value is -2.94. The predicted molar refractivity (Wildman–Crippen MR) is 75.1 cm³/mol. The zero-order valence-electron chi connectivity index (χ0n) is 11.9. The molecule has 2 aromatic rings. The highest BCUT2D eigenvalue weighted by Crippen LogP contribution is 2.42. The van der Waals surface area contributed by atoms with Gasteiger partial charge in [-0.05, 0) is 12.1 Å². The molecule has 21 heavy (non-hydrogen) atoms. The molecule has 6 heteroatoms. The van der Waals surface area contributed by atoms with Crippen LogP contribution in [0.15, 0.2) is 30.5 Å². The molecule has 0 saturated carbocycles. The van der Waals surface area contributed by atoms with E-state index in [9.17, 15) is 0 Å². The van der Waals surface area contributed by atoms with Gasteiger partial charge in [0, 0.05) is 18.3 Å². The number of hydrogen-bond donors (Lipinski definition) is 0. The molecule has 6 nitrogen and oxygen atoms in total. The van der Waals surface area contributed by atoms with Crippen molar-refractivity contribution in [3.05, 3.63) is 36.2 Å². The minimum atomic E-state index is 0.200. The third-order valence-corrected chi connectivity index (χ3v) is 2.74. The summed E-state index contributed by atoms with van der Waals surface area (Å²) in [6.07, 6.45) is 1.53. The van der Waals surface area contributed by atoms with E-state index in [2.05, 4.69) is 4.98 Å². The first kappa shape index (κ1) is 14.5. The number of benzene rings is 1. The smallest absolute Gasteiger partial charge is 0.203 e. The Morgan fingerprint density at radius 1 is 1.00 bits per heavy atom. The van der Waals surface area contributed by atoms with Crippen LogP contribution >= 0.6 is 0 Å². The van der Waals surface area contributed by atoms with Crippen molar-refractivity contribution in [3.63, 3.8) is 0 Å². The van der Waals surface area contributed by atoms with Crippen LogP contribution < -0.4 is 18.9 Å². The highest BCUT2D eigenvalue weighted by Gasteiger charge is 2.15. The van der Waals surface area contributed by atoms with Gasteiger partial charge in [0.15, 0.2) is 22.9 Å². The molecule has 1 heterocycles. The lowest BCUT2D eigenvalue weighted by atomic mass is 10.2. The standard InChI is InChI=1S/C15H14N2O4/c1-18-13-7-10(8-14(19-2)15(13)20-3)21-12-5-4-6-17-11(12)9-16/h4-8H,1-3H3. The van der Waals surface area contributed by atoms with Gasteiger partial charge in [0.2, 0.25) is 5.75 Å². The fourth-order valence-electron chi connectivity index (χ4n) is 1.80. The number of methoxy groups -OCH3 is 3. The summed E-state index contributed by atoms with van der Waals surface area (Å²) in [6.45, 7) is 0. The zero-order valence-corrected chi connectivity index (χ0v) is 11.9. The van der Waals surface area contributed by atoms with E-state index in [1.165, 1.54) is 27.5 Å². The second kappa shape index (κ2) is 6.48. The van der Waals surface area contributed by atoms with Gasteiger partial charge < -0.3 is 18.9 Å². The fraction of sp³-hybridized carbons (Fsp3) is 0.200. The number of nitrogens with zero attached hydrogens (tertiary/aromatic N) is 2. The lowest BCUT2D eigenvalue weighted by Crippen LogP contribution is -1.97. The van der Waals surface area contributed by atoms with Crippen molar-refractivity contribution in [2.45, 2.75) is 0 Å². The molecule has 2 rings (SSSR count). The van der Waals surface area contributed by atoms with Crippen molar-refractivity contribution in [1.29, 1.82) is 5.26 Å². The van der Waals surface area contributed by atoms with E-state index < -0.39 is 0 Å². The van der Waals surface area contributed by atoms with Crippen LogP contribution in [0.3, 0.4) is 0 Å². The monoisotopic (exact) mass is 286 g/mol. The summed E-state index contributed by atoms with van der Waals surface area (Å²) >= 11 is 0. The summed E-state index contributed by atoms with van der Waals surface area (Å²) in [4.78, 5) is 3.94. The number of pyridine rings is 1. The van der Waals surface area contributed by atoms with Gasteiger partial charge in [0.25, 0.3) is 0 Å². The first-order chi connectivity index (χ1) is 10.2. The Labute approximate surface area is 122 Å². The van der Waals surface area contributed by atoms with E-state index in [1.807, 2.05) is 6.07 Å². The number of hydrogen-bond acceptors (Lipinski definition) is 6. The van der Waals surface area contributed by atoms with E-state index in [-0.39, 0.29) is 5.69 Å². The second-order valence-corrected chi connectivity index (χ2v) is 3.93. The summed E-state index contributed by atoms with van der Waals surface area (Å²) < 4.78 is 21.4. The summed E-state index contributed by atoms with van der Waals surface area (Å²) in [5.74, 6) is 2.21. The number of ether oxygens (including phenoxy) is 4. The summed E-state index contributed by atoms with van der Waals surface area (Å²) in [6, 6.07) is 8.62. The average Bonchev–Trinajstić information content (AvgIpc) is 2.54. The fourth-order valence-corrected chi connectivity index (χ4v) is 1.80. The molecule has 1 aromatic carbocycles. The summed E-state index contributed by atoms with van der Waals surface area (Å²) in [5, 5.41) is 9.02. The topological polar surface area (TPSA) is 73.6 Å². The Kier molecular flexibility index (Phi) is 4.46. The SMILES string of the molecule is COc1cc(Oc2cccnc2C#N)cc(OC)c1OC. The molecule has 0 bridgehead atoms. The number of aromatic nitrogens is 1. The molecule has 0 saturated heterocycles. The lowest BCUT2D eigenvalue weighted by Gasteiger charge is -2.14. The van der Waals surface area contributed by atoms with Gasteiger partial charge in [-0.2, -0.15) is 5.26 Å². The van der Waals surface area contributed by atoms with Crippen molar-refractivity contribution < 1.29 is 18.9 Å². The van der Waals surface area contributed by atoms with Crippen LogP contribution in [0.2, 0.25) is 0 Å². The Morgan fingerprint density at radius 2 is 1.67 bits per heavy atom. The molecule has 108 valence electrons. The van der Waals surface area contributed by atoms with Crippen LogP contribution in [0.4, 0.5) is 0 Å². The maximum absolute atomic E-state index is 9.02. The van der Waals surface area contributed by atoms with Crippen molar-refractivity contribution >= 4 is 0 Å². The van der Waals surface area contributed by atoms with Gasteiger partial charge >= 0.3 is 0 Å². The molecular weight excluding hydrogens is 272 g/mol. The molecule has 0 N–H and O–H groups in total. The third kappa shape index (κ3) is 2.98. The molecule has 0 radical (unpaired) electrons. The maximum atomic E-state index is 9.02. The number of nitriles is 1. The van der Waals surface area contributed by atoms with Crippen LogP contribution in [0, 0.1) is 11.3 Å². The zero-order chi connectivity index (χ0) is 15.2. The van der Waals surface area contributed by atoms with Crippen LogP contribution in [0.25, 0.3) is 0 Å². The molecule has 0 aliphatic heterocycles. The van der Waals surface area contributed by atoms with Gasteiger partial charge in [0.05, 0.1) is 21.3 Å². The average molecular weight is 286 g/mol.